The number of sulfonamides is 1. The Bertz CT molecular complexity index is 673. The second-order valence-corrected chi connectivity index (χ2v) is 7.30. The van der Waals surface area contributed by atoms with Crippen LogP contribution in [-0.2, 0) is 14.8 Å². The van der Waals surface area contributed by atoms with Crippen molar-refractivity contribution in [3.8, 4) is 0 Å². The molecule has 1 fully saturated rings. The van der Waals surface area contributed by atoms with Crippen LogP contribution in [0.15, 0.2) is 23.1 Å². The average molecular weight is 350 g/mol. The zero-order valence-corrected chi connectivity index (χ0v) is 13.2. The van der Waals surface area contributed by atoms with Gasteiger partial charge in [0.25, 0.3) is 0 Å². The molecule has 0 aromatic heterocycles. The molecular formula is C13H13Cl2NO4S. The highest BCUT2D eigenvalue weighted by molar-refractivity contribution is 7.89. The van der Waals surface area contributed by atoms with Crippen LogP contribution in [0, 0.1) is 5.92 Å². The summed E-state index contributed by atoms with van der Waals surface area (Å²) in [5.41, 5.74) is 0.411. The standard InChI is InChI=1S/C13H13Cl2NO4S/c14-10-5-9(3-4-12(17)18)6-11(15)13(10)21(19,20)16-7-8-1-2-8/h3-6,8,16H,1-2,7H2,(H,17,18). The van der Waals surface area contributed by atoms with Gasteiger partial charge in [0.2, 0.25) is 10.0 Å². The van der Waals surface area contributed by atoms with Gasteiger partial charge in [-0.2, -0.15) is 0 Å². The number of benzene rings is 1. The quantitative estimate of drug-likeness (QED) is 0.773. The molecule has 0 aliphatic heterocycles. The Kier molecular flexibility index (Phi) is 4.93. The number of aliphatic carboxylic acids is 1. The van der Waals surface area contributed by atoms with Gasteiger partial charge < -0.3 is 5.11 Å². The van der Waals surface area contributed by atoms with Gasteiger partial charge in [-0.1, -0.05) is 23.2 Å². The monoisotopic (exact) mass is 349 g/mol. The minimum absolute atomic E-state index is 0.0455. The van der Waals surface area contributed by atoms with Crippen molar-refractivity contribution in [1.82, 2.24) is 4.72 Å². The molecular weight excluding hydrogens is 337 g/mol. The van der Waals surface area contributed by atoms with Crippen LogP contribution in [0.5, 0.6) is 0 Å². The smallest absolute Gasteiger partial charge is 0.328 e. The Hall–Kier alpha value is -1.08. The molecule has 1 aromatic carbocycles. The van der Waals surface area contributed by atoms with Crippen LogP contribution in [-0.4, -0.2) is 26.0 Å². The molecule has 0 saturated heterocycles. The SMILES string of the molecule is O=C(O)C=Cc1cc(Cl)c(S(=O)(=O)NCC2CC2)c(Cl)c1. The van der Waals surface area contributed by atoms with E-state index in [0.29, 0.717) is 18.0 Å². The average Bonchev–Trinajstić information content (AvgIpc) is 3.17. The summed E-state index contributed by atoms with van der Waals surface area (Å²) in [6.45, 7) is 0.371. The Morgan fingerprint density at radius 2 is 1.90 bits per heavy atom. The van der Waals surface area contributed by atoms with Gasteiger partial charge in [0.1, 0.15) is 4.90 Å². The molecule has 0 heterocycles. The van der Waals surface area contributed by atoms with Gasteiger partial charge in [-0.05, 0) is 42.5 Å². The minimum Gasteiger partial charge on any atom is -0.478 e. The second kappa shape index (κ2) is 6.36. The van der Waals surface area contributed by atoms with Gasteiger partial charge in [0, 0.05) is 12.6 Å². The molecule has 1 aliphatic rings. The third kappa shape index (κ3) is 4.44. The van der Waals surface area contributed by atoms with E-state index >= 15 is 0 Å². The highest BCUT2D eigenvalue weighted by Gasteiger charge is 2.27. The molecule has 1 aromatic rings. The molecule has 2 rings (SSSR count). The van der Waals surface area contributed by atoms with E-state index in [0.717, 1.165) is 18.9 Å². The fourth-order valence-electron chi connectivity index (χ4n) is 1.72. The summed E-state index contributed by atoms with van der Waals surface area (Å²) in [4.78, 5) is 10.3. The van der Waals surface area contributed by atoms with Crippen molar-refractivity contribution >= 4 is 45.3 Å². The van der Waals surface area contributed by atoms with E-state index in [1.165, 1.54) is 18.2 Å². The lowest BCUT2D eigenvalue weighted by Gasteiger charge is -2.10. The van der Waals surface area contributed by atoms with Crippen LogP contribution in [0.2, 0.25) is 10.0 Å². The predicted octanol–water partition coefficient (Wildman–Crippen LogP) is 2.78. The largest absolute Gasteiger partial charge is 0.478 e. The van der Waals surface area contributed by atoms with E-state index in [1.807, 2.05) is 0 Å². The summed E-state index contributed by atoms with van der Waals surface area (Å²) in [5.74, 6) is -0.736. The van der Waals surface area contributed by atoms with E-state index in [4.69, 9.17) is 28.3 Å². The number of carbonyl (C=O) groups is 1. The van der Waals surface area contributed by atoms with Gasteiger partial charge in [0.05, 0.1) is 10.0 Å². The summed E-state index contributed by atoms with van der Waals surface area (Å²) < 4.78 is 26.9. The number of rotatable bonds is 6. The summed E-state index contributed by atoms with van der Waals surface area (Å²) >= 11 is 12.0. The van der Waals surface area contributed by atoms with E-state index in [1.54, 1.807) is 0 Å². The molecule has 21 heavy (non-hydrogen) atoms. The maximum Gasteiger partial charge on any atom is 0.328 e. The van der Waals surface area contributed by atoms with E-state index < -0.39 is 16.0 Å². The van der Waals surface area contributed by atoms with Crippen molar-refractivity contribution in [3.63, 3.8) is 0 Å². The van der Waals surface area contributed by atoms with Gasteiger partial charge >= 0.3 is 5.97 Å². The minimum atomic E-state index is -3.78. The lowest BCUT2D eigenvalue weighted by Crippen LogP contribution is -2.26. The summed E-state index contributed by atoms with van der Waals surface area (Å²) in [7, 11) is -3.78. The predicted molar refractivity (Wildman–Crippen MR) is 81.0 cm³/mol. The highest BCUT2D eigenvalue weighted by Crippen LogP contribution is 2.32. The maximum atomic E-state index is 12.2. The number of nitrogens with one attached hydrogen (secondary N) is 1. The lowest BCUT2D eigenvalue weighted by molar-refractivity contribution is -0.131. The van der Waals surface area contributed by atoms with Crippen LogP contribution < -0.4 is 4.72 Å². The zero-order chi connectivity index (χ0) is 15.6. The second-order valence-electron chi connectivity index (χ2n) is 4.78. The lowest BCUT2D eigenvalue weighted by atomic mass is 10.2. The number of carboxylic acids is 1. The molecule has 0 unspecified atom stereocenters. The molecule has 0 bridgehead atoms. The fraction of sp³-hybridized carbons (Fsp3) is 0.308. The number of carboxylic acid groups (broad SMARTS) is 1. The highest BCUT2D eigenvalue weighted by atomic mass is 35.5. The fourth-order valence-corrected chi connectivity index (χ4v) is 4.07. The molecule has 0 atom stereocenters. The van der Waals surface area contributed by atoms with Crippen LogP contribution in [0.25, 0.3) is 6.08 Å². The van der Waals surface area contributed by atoms with Crippen molar-refractivity contribution in [2.45, 2.75) is 17.7 Å². The van der Waals surface area contributed by atoms with Crippen LogP contribution >= 0.6 is 23.2 Å². The van der Waals surface area contributed by atoms with Crippen molar-refractivity contribution in [2.75, 3.05) is 6.54 Å². The topological polar surface area (TPSA) is 83.5 Å². The first-order valence-electron chi connectivity index (χ1n) is 6.19. The summed E-state index contributed by atoms with van der Waals surface area (Å²) in [5, 5.41) is 8.48. The number of hydrogen-bond acceptors (Lipinski definition) is 3. The van der Waals surface area contributed by atoms with E-state index in [-0.39, 0.29) is 14.9 Å². The molecule has 1 saturated carbocycles. The first-order valence-corrected chi connectivity index (χ1v) is 8.43. The third-order valence-electron chi connectivity index (χ3n) is 2.97. The van der Waals surface area contributed by atoms with E-state index in [9.17, 15) is 13.2 Å². The van der Waals surface area contributed by atoms with Crippen molar-refractivity contribution in [1.29, 1.82) is 0 Å². The Morgan fingerprint density at radius 1 is 1.33 bits per heavy atom. The molecule has 0 radical (unpaired) electrons. The molecule has 0 amide bonds. The van der Waals surface area contributed by atoms with E-state index in [2.05, 4.69) is 4.72 Å². The summed E-state index contributed by atoms with van der Waals surface area (Å²) in [6, 6.07) is 2.72. The van der Waals surface area contributed by atoms with Crippen molar-refractivity contribution in [3.05, 3.63) is 33.8 Å². The maximum absolute atomic E-state index is 12.2. The molecule has 0 spiro atoms. The van der Waals surface area contributed by atoms with Crippen molar-refractivity contribution < 1.29 is 18.3 Å². The van der Waals surface area contributed by atoms with Crippen LogP contribution in [0.1, 0.15) is 18.4 Å². The van der Waals surface area contributed by atoms with Gasteiger partial charge in [-0.25, -0.2) is 17.9 Å². The normalized spacial score (nSPS) is 15.5. The molecule has 114 valence electrons. The molecule has 2 N–H and O–H groups in total. The zero-order valence-electron chi connectivity index (χ0n) is 10.8. The molecule has 5 nitrogen and oxygen atoms in total. The molecule has 8 heteroatoms. The Morgan fingerprint density at radius 3 is 2.38 bits per heavy atom. The number of hydrogen-bond donors (Lipinski definition) is 2. The Labute approximate surface area is 132 Å². The third-order valence-corrected chi connectivity index (χ3v) is 5.31. The van der Waals surface area contributed by atoms with Gasteiger partial charge in [-0.3, -0.25) is 0 Å². The first-order chi connectivity index (χ1) is 9.79. The van der Waals surface area contributed by atoms with Gasteiger partial charge in [0.15, 0.2) is 0 Å². The molecule has 1 aliphatic carbocycles. The summed E-state index contributed by atoms with van der Waals surface area (Å²) in [6.07, 6.45) is 4.24. The van der Waals surface area contributed by atoms with Gasteiger partial charge in [-0.15, -0.1) is 0 Å². The number of halogens is 2. The van der Waals surface area contributed by atoms with Crippen LogP contribution in [0.3, 0.4) is 0 Å². The van der Waals surface area contributed by atoms with Crippen LogP contribution in [0.4, 0.5) is 0 Å². The van der Waals surface area contributed by atoms with Crippen molar-refractivity contribution in [2.24, 2.45) is 5.92 Å². The first kappa shape index (κ1) is 16.3. The Balaban J connectivity index is 2.29.